The number of fused-ring (bicyclic) bond motifs is 1. The molecule has 0 radical (unpaired) electrons. The third-order valence-electron chi connectivity index (χ3n) is 1.65. The third kappa shape index (κ3) is 1.15. The number of hydrogen-bond acceptors (Lipinski definition) is 0. The molecule has 56 valence electrons. The Morgan fingerprint density at radius 2 is 1.83 bits per heavy atom. The van der Waals surface area contributed by atoms with E-state index in [0.29, 0.717) is 0 Å². The van der Waals surface area contributed by atoms with Crippen molar-refractivity contribution in [2.45, 2.75) is 0 Å². The molecule has 2 heteroatoms. The average Bonchev–Trinajstić information content (AvgIpc) is 2.06. The molecular weight excluding hydrogens is 467 g/mol. The number of rotatable bonds is 0. The molecule has 2 aromatic rings. The molecule has 0 saturated heterocycles. The summed E-state index contributed by atoms with van der Waals surface area (Å²) in [6.07, 6.45) is 0. The van der Waals surface area contributed by atoms with E-state index < -0.39 is 0 Å². The molecule has 0 aromatic heterocycles. The smallest absolute Gasteiger partial charge is 0 e. The zero-order valence-corrected chi connectivity index (χ0v) is 14.5. The summed E-state index contributed by atoms with van der Waals surface area (Å²) in [7, 11) is 0. The van der Waals surface area contributed by atoms with E-state index in [2.05, 4.69) is 34.1 Å². The second-order valence-corrected chi connectivity index (χ2v) is 3.23. The van der Waals surface area contributed by atoms with Crippen LogP contribution in [0.1, 0.15) is 0 Å². The summed E-state index contributed by atoms with van der Waals surface area (Å²) in [5, 5.41) is 2.37. The van der Waals surface area contributed by atoms with Gasteiger partial charge in [-0.25, -0.2) is 0 Å². The fourth-order valence-corrected chi connectivity index (χ4v) is 1.59. The Kier molecular flexibility index (Phi) is 2.11. The van der Waals surface area contributed by atoms with Crippen LogP contribution in [0.4, 0.5) is 0 Å². The Morgan fingerprint density at radius 1 is 1.08 bits per heavy atom. The SMILES string of the molecule is Brc1cc[c-]c2ccccc12.[Rf]. The van der Waals surface area contributed by atoms with Gasteiger partial charge in [-0.1, -0.05) is 37.9 Å². The van der Waals surface area contributed by atoms with Gasteiger partial charge in [-0.05, 0) is 0 Å². The van der Waals surface area contributed by atoms with Crippen molar-refractivity contribution in [2.24, 2.45) is 0 Å². The Balaban J connectivity index is 0.000000720. The number of hydrogen-bond donors (Lipinski definition) is 0. The van der Waals surface area contributed by atoms with Gasteiger partial charge in [0.15, 0.2) is 0 Å². The largest absolute Gasteiger partial charge is 0.146 e. The van der Waals surface area contributed by atoms with Gasteiger partial charge in [0, 0.05) is 0 Å². The van der Waals surface area contributed by atoms with Gasteiger partial charge in [0.1, 0.15) is 0 Å². The molecule has 0 amide bonds. The topological polar surface area (TPSA) is 0 Å². The molecule has 0 aliphatic rings. The molecule has 2 rings (SSSR count). The Labute approximate surface area is 74.0 Å². The maximum absolute atomic E-state index is 3.48. The van der Waals surface area contributed by atoms with Crippen molar-refractivity contribution in [1.29, 1.82) is 0 Å². The average molecular weight is 473 g/mol. The summed E-state index contributed by atoms with van der Waals surface area (Å²) >= 11 is 3.48. The molecule has 0 spiro atoms. The van der Waals surface area contributed by atoms with Crippen LogP contribution in [-0.4, -0.2) is 0 Å². The van der Waals surface area contributed by atoms with Crippen LogP contribution in [-0.2, 0) is 0 Å². The summed E-state index contributed by atoms with van der Waals surface area (Å²) in [5.41, 5.74) is 0. The summed E-state index contributed by atoms with van der Waals surface area (Å²) in [6.45, 7) is 0. The molecule has 12 heavy (non-hydrogen) atoms. The van der Waals surface area contributed by atoms with Gasteiger partial charge in [-0.3, -0.25) is 0 Å². The van der Waals surface area contributed by atoms with Crippen LogP contribution in [0.25, 0.3) is 10.8 Å². The van der Waals surface area contributed by atoms with Gasteiger partial charge in [-0.15, -0.1) is 35.7 Å². The molecule has 0 bridgehead atoms. The number of halogens is 1. The third-order valence-corrected chi connectivity index (χ3v) is 2.34. The van der Waals surface area contributed by atoms with Gasteiger partial charge in [0.2, 0.25) is 0 Å². The monoisotopic (exact) mass is 472 g/mol. The van der Waals surface area contributed by atoms with Crippen molar-refractivity contribution in [2.75, 3.05) is 0 Å². The van der Waals surface area contributed by atoms with Crippen molar-refractivity contribution in [3.05, 3.63) is 46.9 Å². The van der Waals surface area contributed by atoms with E-state index in [0.717, 1.165) is 9.86 Å². The molecule has 0 unspecified atom stereocenters. The van der Waals surface area contributed by atoms with E-state index >= 15 is 0 Å². The normalized spacial score (nSPS) is 9.42. The molecule has 2 aromatic carbocycles. The summed E-state index contributed by atoms with van der Waals surface area (Å²) in [5.74, 6) is 0. The second kappa shape index (κ2) is 3.05. The van der Waals surface area contributed by atoms with Crippen LogP contribution in [0.15, 0.2) is 40.9 Å². The van der Waals surface area contributed by atoms with E-state index in [9.17, 15) is 0 Å². The minimum Gasteiger partial charge on any atom is -0.146 e. The first kappa shape index (κ1) is 8.28. The molecule has 0 atom stereocenters. The molecule has 0 N–H and O–H groups in total. The fraction of sp³-hybridized carbons (Fsp3) is 0. The standard InChI is InChI=1S/C10H6Br.Rf/c11-10-7-3-5-8-4-1-2-6-9(8)10;/h1-4,6-7H;/q-1;. The first-order valence-corrected chi connectivity index (χ1v) is 4.22. The molecule has 0 saturated carbocycles. The zero-order chi connectivity index (χ0) is 7.68. The van der Waals surface area contributed by atoms with Crippen molar-refractivity contribution < 1.29 is 0 Å². The predicted octanol–water partition coefficient (Wildman–Crippen LogP) is 3.40. The van der Waals surface area contributed by atoms with Crippen LogP contribution in [0.3, 0.4) is 0 Å². The molecule has 0 nitrogen and oxygen atoms in total. The van der Waals surface area contributed by atoms with Crippen molar-refractivity contribution in [1.82, 2.24) is 0 Å². The van der Waals surface area contributed by atoms with Crippen LogP contribution >= 0.6 is 15.9 Å². The predicted molar refractivity (Wildman–Crippen MR) is 50.5 cm³/mol. The molecule has 0 fully saturated rings. The Morgan fingerprint density at radius 3 is 2.58 bits per heavy atom. The summed E-state index contributed by atoms with van der Waals surface area (Å²) in [4.78, 5) is 0. The minimum absolute atomic E-state index is 0. The minimum atomic E-state index is 0. The van der Waals surface area contributed by atoms with Crippen LogP contribution in [0.2, 0.25) is 0 Å². The van der Waals surface area contributed by atoms with Gasteiger partial charge >= 0.3 is 0 Å². The summed E-state index contributed by atoms with van der Waals surface area (Å²) in [6, 6.07) is 15.3. The van der Waals surface area contributed by atoms with Crippen molar-refractivity contribution >= 4 is 26.7 Å². The second-order valence-electron chi connectivity index (χ2n) is 2.37. The van der Waals surface area contributed by atoms with Crippen molar-refractivity contribution in [3.8, 4) is 0 Å². The molecule has 0 aliphatic heterocycles. The van der Waals surface area contributed by atoms with Crippen molar-refractivity contribution in [3.63, 3.8) is 0 Å². The van der Waals surface area contributed by atoms with Crippen LogP contribution in [0.5, 0.6) is 0 Å². The molecule has 0 aliphatic carbocycles. The number of benzene rings is 2. The van der Waals surface area contributed by atoms with E-state index in [1.807, 2.05) is 24.3 Å². The van der Waals surface area contributed by atoms with E-state index in [4.69, 9.17) is 0 Å². The molecule has 0 heterocycles. The molecular formula is C10H6BrRf-. The van der Waals surface area contributed by atoms with Gasteiger partial charge < -0.3 is 0 Å². The van der Waals surface area contributed by atoms with E-state index in [1.165, 1.54) is 5.39 Å². The quantitative estimate of drug-likeness (QED) is 0.515. The maximum atomic E-state index is 3.48. The van der Waals surface area contributed by atoms with Crippen LogP contribution in [0, 0.1) is 6.07 Å². The zero-order valence-electron chi connectivity index (χ0n) is 6.55. The Bertz CT molecular complexity index is 379. The Hall–Kier alpha value is -1.82. The summed E-state index contributed by atoms with van der Waals surface area (Å²) < 4.78 is 1.13. The van der Waals surface area contributed by atoms with E-state index in [1.54, 1.807) is 0 Å². The van der Waals surface area contributed by atoms with E-state index in [-0.39, 0.29) is 0 Å². The fourth-order valence-electron chi connectivity index (χ4n) is 1.11. The van der Waals surface area contributed by atoms with Crippen LogP contribution < -0.4 is 0 Å². The first-order valence-electron chi connectivity index (χ1n) is 3.43. The van der Waals surface area contributed by atoms with Gasteiger partial charge in [0.25, 0.3) is 0 Å². The van der Waals surface area contributed by atoms with Gasteiger partial charge in [-0.2, -0.15) is 0 Å². The first-order chi connectivity index (χ1) is 5.38. The van der Waals surface area contributed by atoms with Gasteiger partial charge in [0.05, 0.1) is 0 Å². The maximum Gasteiger partial charge on any atom is 0 e.